The molecular formula is C15H20FN3O. The van der Waals surface area contributed by atoms with Gasteiger partial charge in [0.15, 0.2) is 0 Å². The zero-order valence-corrected chi connectivity index (χ0v) is 11.9. The lowest BCUT2D eigenvalue weighted by molar-refractivity contribution is -0.0522. The van der Waals surface area contributed by atoms with Crippen LogP contribution in [0.1, 0.15) is 32.3 Å². The first-order valence-electron chi connectivity index (χ1n) is 6.86. The minimum Gasteiger partial charge on any atom is -0.369 e. The number of hydrogen-bond acceptors (Lipinski definition) is 3. The van der Waals surface area contributed by atoms with Gasteiger partial charge in [0.2, 0.25) is 0 Å². The van der Waals surface area contributed by atoms with E-state index in [1.807, 2.05) is 6.92 Å². The highest BCUT2D eigenvalue weighted by Crippen LogP contribution is 2.27. The van der Waals surface area contributed by atoms with Gasteiger partial charge in [-0.25, -0.2) is 14.1 Å². The summed E-state index contributed by atoms with van der Waals surface area (Å²) in [6.07, 6.45) is 5.22. The topological polar surface area (TPSA) is 39.9 Å². The predicted octanol–water partition coefficient (Wildman–Crippen LogP) is 3.15. The summed E-state index contributed by atoms with van der Waals surface area (Å²) in [6, 6.07) is 6.44. The zero-order chi connectivity index (χ0) is 14.4. The average molecular weight is 277 g/mol. The number of halogens is 1. The smallest absolute Gasteiger partial charge is 0.137 e. The number of benzene rings is 1. The second-order valence-corrected chi connectivity index (χ2v) is 5.03. The Hall–Kier alpha value is -1.75. The van der Waals surface area contributed by atoms with Gasteiger partial charge in [-0.05, 0) is 31.0 Å². The van der Waals surface area contributed by atoms with E-state index in [0.29, 0.717) is 13.2 Å². The van der Waals surface area contributed by atoms with Crippen LogP contribution in [0.3, 0.4) is 0 Å². The lowest BCUT2D eigenvalue weighted by Gasteiger charge is -2.30. The van der Waals surface area contributed by atoms with Crippen molar-refractivity contribution < 1.29 is 9.13 Å². The molecule has 1 heterocycles. The number of unbranched alkanes of at least 4 members (excludes halogenated alkanes) is 1. The van der Waals surface area contributed by atoms with Crippen molar-refractivity contribution in [1.29, 1.82) is 0 Å². The third kappa shape index (κ3) is 3.63. The van der Waals surface area contributed by atoms with Crippen molar-refractivity contribution in [2.75, 3.05) is 6.61 Å². The summed E-state index contributed by atoms with van der Waals surface area (Å²) < 4.78 is 20.9. The molecule has 1 aromatic carbocycles. The molecule has 0 N–H and O–H groups in total. The summed E-state index contributed by atoms with van der Waals surface area (Å²) in [5, 5.41) is 4.12. The molecule has 0 aliphatic rings. The largest absolute Gasteiger partial charge is 0.369 e. The standard InChI is InChI=1S/C15H20FN3O/c1-3-4-9-20-15(2,10-19-12-17-11-18-19)13-5-7-14(16)8-6-13/h5-8,11-12H,3-4,9-10H2,1-2H3. The Balaban J connectivity index is 2.20. The van der Waals surface area contributed by atoms with Crippen LogP contribution in [0.2, 0.25) is 0 Å². The van der Waals surface area contributed by atoms with Crippen LogP contribution in [-0.4, -0.2) is 21.4 Å². The van der Waals surface area contributed by atoms with Crippen molar-refractivity contribution in [1.82, 2.24) is 14.8 Å². The van der Waals surface area contributed by atoms with E-state index in [1.165, 1.54) is 18.5 Å². The normalized spacial score (nSPS) is 14.2. The summed E-state index contributed by atoms with van der Waals surface area (Å²) in [5.74, 6) is -0.245. The van der Waals surface area contributed by atoms with E-state index in [0.717, 1.165) is 18.4 Å². The molecule has 5 heteroatoms. The van der Waals surface area contributed by atoms with Gasteiger partial charge in [0.05, 0.1) is 6.54 Å². The van der Waals surface area contributed by atoms with Crippen LogP contribution in [0.5, 0.6) is 0 Å². The van der Waals surface area contributed by atoms with E-state index in [-0.39, 0.29) is 5.82 Å². The Labute approximate surface area is 118 Å². The highest BCUT2D eigenvalue weighted by Gasteiger charge is 2.28. The second-order valence-electron chi connectivity index (χ2n) is 5.03. The molecule has 1 unspecified atom stereocenters. The average Bonchev–Trinajstić information content (AvgIpc) is 2.92. The van der Waals surface area contributed by atoms with E-state index < -0.39 is 5.60 Å². The molecule has 2 rings (SSSR count). The van der Waals surface area contributed by atoms with Gasteiger partial charge in [-0.2, -0.15) is 5.10 Å². The molecule has 0 bridgehead atoms. The highest BCUT2D eigenvalue weighted by molar-refractivity contribution is 5.22. The van der Waals surface area contributed by atoms with Crippen LogP contribution < -0.4 is 0 Å². The quantitative estimate of drug-likeness (QED) is 0.730. The maximum Gasteiger partial charge on any atom is 0.137 e. The van der Waals surface area contributed by atoms with Crippen molar-refractivity contribution in [3.63, 3.8) is 0 Å². The lowest BCUT2D eigenvalue weighted by atomic mass is 9.95. The molecule has 0 fully saturated rings. The summed E-state index contributed by atoms with van der Waals surface area (Å²) in [4.78, 5) is 3.95. The molecule has 0 saturated carbocycles. The summed E-state index contributed by atoms with van der Waals surface area (Å²) in [5.41, 5.74) is 0.391. The van der Waals surface area contributed by atoms with Gasteiger partial charge in [0, 0.05) is 6.61 Å². The van der Waals surface area contributed by atoms with Crippen LogP contribution in [0, 0.1) is 5.82 Å². The van der Waals surface area contributed by atoms with E-state index in [4.69, 9.17) is 4.74 Å². The van der Waals surface area contributed by atoms with E-state index >= 15 is 0 Å². The summed E-state index contributed by atoms with van der Waals surface area (Å²) in [6.45, 7) is 5.33. The molecule has 0 aliphatic carbocycles. The molecule has 108 valence electrons. The lowest BCUT2D eigenvalue weighted by Crippen LogP contribution is -2.32. The van der Waals surface area contributed by atoms with Gasteiger partial charge in [-0.15, -0.1) is 0 Å². The van der Waals surface area contributed by atoms with Crippen molar-refractivity contribution in [2.45, 2.75) is 38.8 Å². The number of nitrogens with zero attached hydrogens (tertiary/aromatic N) is 3. The van der Waals surface area contributed by atoms with E-state index in [9.17, 15) is 4.39 Å². The van der Waals surface area contributed by atoms with E-state index in [2.05, 4.69) is 17.0 Å². The second kappa shape index (κ2) is 6.61. The molecule has 2 aromatic rings. The van der Waals surface area contributed by atoms with Gasteiger partial charge < -0.3 is 4.74 Å². The van der Waals surface area contributed by atoms with Gasteiger partial charge in [-0.3, -0.25) is 0 Å². The fraction of sp³-hybridized carbons (Fsp3) is 0.467. The van der Waals surface area contributed by atoms with Gasteiger partial charge >= 0.3 is 0 Å². The first kappa shape index (κ1) is 14.7. The van der Waals surface area contributed by atoms with Gasteiger partial charge in [0.25, 0.3) is 0 Å². The highest BCUT2D eigenvalue weighted by atomic mass is 19.1. The van der Waals surface area contributed by atoms with Crippen molar-refractivity contribution in [3.05, 3.63) is 48.3 Å². The fourth-order valence-corrected chi connectivity index (χ4v) is 2.09. The maximum absolute atomic E-state index is 13.1. The number of aromatic nitrogens is 3. The van der Waals surface area contributed by atoms with Gasteiger partial charge in [0.1, 0.15) is 24.1 Å². The van der Waals surface area contributed by atoms with Crippen molar-refractivity contribution in [2.24, 2.45) is 0 Å². The molecule has 1 aromatic heterocycles. The van der Waals surface area contributed by atoms with Crippen LogP contribution in [0.25, 0.3) is 0 Å². The Morgan fingerprint density at radius 3 is 2.65 bits per heavy atom. The Kier molecular flexibility index (Phi) is 4.84. The molecule has 0 spiro atoms. The molecule has 0 amide bonds. The SMILES string of the molecule is CCCCOC(C)(Cn1cncn1)c1ccc(F)cc1. The van der Waals surface area contributed by atoms with Crippen LogP contribution in [0.4, 0.5) is 4.39 Å². The zero-order valence-electron chi connectivity index (χ0n) is 11.9. The monoisotopic (exact) mass is 277 g/mol. The van der Waals surface area contributed by atoms with Crippen LogP contribution >= 0.6 is 0 Å². The number of rotatable bonds is 7. The number of ether oxygens (including phenoxy) is 1. The summed E-state index contributed by atoms with van der Waals surface area (Å²) in [7, 11) is 0. The Morgan fingerprint density at radius 2 is 2.05 bits per heavy atom. The maximum atomic E-state index is 13.1. The third-order valence-electron chi connectivity index (χ3n) is 3.30. The van der Waals surface area contributed by atoms with Crippen LogP contribution in [-0.2, 0) is 16.9 Å². The fourth-order valence-electron chi connectivity index (χ4n) is 2.09. The predicted molar refractivity (Wildman–Crippen MR) is 74.6 cm³/mol. The first-order valence-corrected chi connectivity index (χ1v) is 6.86. The minimum atomic E-state index is -0.545. The third-order valence-corrected chi connectivity index (χ3v) is 3.30. The summed E-state index contributed by atoms with van der Waals surface area (Å²) >= 11 is 0. The Morgan fingerprint density at radius 1 is 1.30 bits per heavy atom. The molecule has 20 heavy (non-hydrogen) atoms. The molecule has 1 atom stereocenters. The van der Waals surface area contributed by atoms with E-state index in [1.54, 1.807) is 23.1 Å². The first-order chi connectivity index (χ1) is 9.64. The molecule has 0 saturated heterocycles. The van der Waals surface area contributed by atoms with Crippen molar-refractivity contribution >= 4 is 0 Å². The minimum absolute atomic E-state index is 0.245. The van der Waals surface area contributed by atoms with Crippen LogP contribution in [0.15, 0.2) is 36.9 Å². The molecule has 0 radical (unpaired) electrons. The molecular weight excluding hydrogens is 257 g/mol. The Bertz CT molecular complexity index is 512. The molecule has 0 aliphatic heterocycles. The van der Waals surface area contributed by atoms with Gasteiger partial charge in [-0.1, -0.05) is 25.5 Å². The van der Waals surface area contributed by atoms with Crippen molar-refractivity contribution in [3.8, 4) is 0 Å². The number of hydrogen-bond donors (Lipinski definition) is 0. The molecule has 4 nitrogen and oxygen atoms in total.